The molecule has 0 bridgehead atoms. The van der Waals surface area contributed by atoms with Gasteiger partial charge in [-0.15, -0.1) is 0 Å². The van der Waals surface area contributed by atoms with Gasteiger partial charge in [-0.1, -0.05) is 0 Å². The van der Waals surface area contributed by atoms with Crippen molar-refractivity contribution in [3.05, 3.63) is 29.1 Å². The van der Waals surface area contributed by atoms with Crippen LogP contribution in [0.2, 0.25) is 0 Å². The summed E-state index contributed by atoms with van der Waals surface area (Å²) in [5.74, 6) is -1.33. The molecule has 0 saturated heterocycles. The Morgan fingerprint density at radius 2 is 2.12 bits per heavy atom. The van der Waals surface area contributed by atoms with Gasteiger partial charge in [-0.2, -0.15) is 0 Å². The molecule has 1 rings (SSSR count). The van der Waals surface area contributed by atoms with Crippen LogP contribution in [0.5, 0.6) is 0 Å². The molecule has 16 heavy (non-hydrogen) atoms. The van der Waals surface area contributed by atoms with Gasteiger partial charge in [0.05, 0.1) is 12.2 Å². The van der Waals surface area contributed by atoms with Crippen molar-refractivity contribution in [2.75, 3.05) is 12.3 Å². The number of alkyl halides is 2. The topological polar surface area (TPSA) is 55.1 Å². The molecule has 0 unspecified atom stereocenters. The second kappa shape index (κ2) is 4.87. The summed E-state index contributed by atoms with van der Waals surface area (Å²) in [6.45, 7) is 0.759. The first-order valence-corrected chi connectivity index (χ1v) is 4.53. The molecule has 1 aromatic carbocycles. The van der Waals surface area contributed by atoms with E-state index in [-0.39, 0.29) is 11.3 Å². The third-order valence-electron chi connectivity index (χ3n) is 2.01. The summed E-state index contributed by atoms with van der Waals surface area (Å²) in [5, 5.41) is 2.02. The van der Waals surface area contributed by atoms with Crippen molar-refractivity contribution in [3.8, 4) is 0 Å². The highest BCUT2D eigenvalue weighted by molar-refractivity contribution is 5.96. The molecule has 0 fully saturated rings. The summed E-state index contributed by atoms with van der Waals surface area (Å²) in [5.41, 5.74) is 5.54. The van der Waals surface area contributed by atoms with Crippen LogP contribution in [0, 0.1) is 12.7 Å². The molecule has 3 nitrogen and oxygen atoms in total. The van der Waals surface area contributed by atoms with Gasteiger partial charge < -0.3 is 11.1 Å². The van der Waals surface area contributed by atoms with E-state index in [2.05, 4.69) is 0 Å². The molecule has 0 aliphatic heterocycles. The molecule has 6 heteroatoms. The number of nitrogens with one attached hydrogen (secondary N) is 1. The van der Waals surface area contributed by atoms with Crippen molar-refractivity contribution in [2.45, 2.75) is 13.3 Å². The van der Waals surface area contributed by atoms with E-state index >= 15 is 0 Å². The van der Waals surface area contributed by atoms with E-state index in [9.17, 15) is 18.0 Å². The number of carbonyl (C=O) groups is 1. The number of benzene rings is 1. The Morgan fingerprint density at radius 3 is 2.69 bits per heavy atom. The van der Waals surface area contributed by atoms with E-state index in [1.807, 2.05) is 5.32 Å². The highest BCUT2D eigenvalue weighted by Crippen LogP contribution is 2.17. The predicted octanol–water partition coefficient (Wildman–Crippen LogP) is 1.71. The number of aryl methyl sites for hydroxylation is 1. The average molecular weight is 232 g/mol. The normalized spacial score (nSPS) is 10.6. The zero-order chi connectivity index (χ0) is 12.3. The van der Waals surface area contributed by atoms with Crippen LogP contribution < -0.4 is 11.1 Å². The average Bonchev–Trinajstić information content (AvgIpc) is 2.20. The van der Waals surface area contributed by atoms with Gasteiger partial charge in [0.1, 0.15) is 5.82 Å². The molecule has 0 aliphatic carbocycles. The number of rotatable bonds is 3. The Balaban J connectivity index is 2.87. The van der Waals surface area contributed by atoms with E-state index in [4.69, 9.17) is 5.73 Å². The van der Waals surface area contributed by atoms with Crippen LogP contribution in [-0.4, -0.2) is 18.9 Å². The Hall–Kier alpha value is -1.72. The van der Waals surface area contributed by atoms with Crippen LogP contribution in [0.15, 0.2) is 12.1 Å². The molecule has 0 aromatic heterocycles. The quantitative estimate of drug-likeness (QED) is 0.779. The number of nitrogens with two attached hydrogens (primary N) is 1. The fourth-order valence-electron chi connectivity index (χ4n) is 1.20. The lowest BCUT2D eigenvalue weighted by atomic mass is 10.1. The number of hydrogen-bond donors (Lipinski definition) is 2. The Labute approximate surface area is 90.4 Å². The number of nitrogen functional groups attached to an aromatic ring is 1. The summed E-state index contributed by atoms with van der Waals surface area (Å²) in [4.78, 5) is 11.4. The minimum Gasteiger partial charge on any atom is -0.396 e. The second-order valence-corrected chi connectivity index (χ2v) is 3.29. The van der Waals surface area contributed by atoms with Gasteiger partial charge in [0.15, 0.2) is 0 Å². The Bertz CT molecular complexity index is 407. The highest BCUT2D eigenvalue weighted by Gasteiger charge is 2.13. The molecule has 0 aliphatic rings. The van der Waals surface area contributed by atoms with E-state index in [1.165, 1.54) is 6.92 Å². The van der Waals surface area contributed by atoms with E-state index in [0.29, 0.717) is 5.56 Å². The van der Waals surface area contributed by atoms with Crippen molar-refractivity contribution >= 4 is 11.6 Å². The lowest BCUT2D eigenvalue weighted by Crippen LogP contribution is -2.29. The Kier molecular flexibility index (Phi) is 3.76. The fraction of sp³-hybridized carbons (Fsp3) is 0.300. The van der Waals surface area contributed by atoms with Gasteiger partial charge >= 0.3 is 0 Å². The Morgan fingerprint density at radius 1 is 1.50 bits per heavy atom. The number of halogens is 3. The van der Waals surface area contributed by atoms with Crippen LogP contribution in [0.1, 0.15) is 15.9 Å². The molecule has 0 spiro atoms. The molecule has 0 saturated carbocycles. The van der Waals surface area contributed by atoms with Crippen LogP contribution >= 0.6 is 0 Å². The van der Waals surface area contributed by atoms with Crippen LogP contribution in [0.4, 0.5) is 18.9 Å². The van der Waals surface area contributed by atoms with Crippen molar-refractivity contribution in [1.82, 2.24) is 5.32 Å². The minimum atomic E-state index is -2.62. The van der Waals surface area contributed by atoms with Crippen LogP contribution in [0.25, 0.3) is 0 Å². The fourth-order valence-corrected chi connectivity index (χ4v) is 1.20. The third-order valence-corrected chi connectivity index (χ3v) is 2.01. The van der Waals surface area contributed by atoms with Gasteiger partial charge in [-0.05, 0) is 24.6 Å². The van der Waals surface area contributed by atoms with E-state index < -0.39 is 24.7 Å². The maximum absolute atomic E-state index is 13.0. The standard InChI is InChI=1S/C10H11F3N2O/c1-5-2-7(11)8(14)3-6(5)10(16)15-4-9(12)13/h2-3,9H,4,14H2,1H3,(H,15,16). The monoisotopic (exact) mass is 232 g/mol. The summed E-state index contributed by atoms with van der Waals surface area (Å²) in [6, 6.07) is 2.22. The third kappa shape index (κ3) is 2.88. The molecular weight excluding hydrogens is 221 g/mol. The molecule has 3 N–H and O–H groups in total. The molecular formula is C10H11F3N2O. The maximum Gasteiger partial charge on any atom is 0.255 e. The van der Waals surface area contributed by atoms with Crippen molar-refractivity contribution in [2.24, 2.45) is 0 Å². The molecule has 1 aromatic rings. The van der Waals surface area contributed by atoms with Crippen LogP contribution in [-0.2, 0) is 0 Å². The number of anilines is 1. The smallest absolute Gasteiger partial charge is 0.255 e. The molecule has 0 atom stereocenters. The number of hydrogen-bond acceptors (Lipinski definition) is 2. The molecule has 0 heterocycles. The van der Waals surface area contributed by atoms with Gasteiger partial charge in [0.2, 0.25) is 0 Å². The first-order chi connectivity index (χ1) is 7.41. The zero-order valence-corrected chi connectivity index (χ0v) is 8.56. The van der Waals surface area contributed by atoms with Gasteiger partial charge in [0.25, 0.3) is 12.3 Å². The summed E-state index contributed by atoms with van der Waals surface area (Å²) in [7, 11) is 0. The van der Waals surface area contributed by atoms with Crippen molar-refractivity contribution in [1.29, 1.82) is 0 Å². The minimum absolute atomic E-state index is 0.0968. The summed E-state index contributed by atoms with van der Waals surface area (Å²) >= 11 is 0. The number of carbonyl (C=O) groups excluding carboxylic acids is 1. The summed E-state index contributed by atoms with van der Waals surface area (Å²) < 4.78 is 36.7. The maximum atomic E-state index is 13.0. The SMILES string of the molecule is Cc1cc(F)c(N)cc1C(=O)NCC(F)F. The summed E-state index contributed by atoms with van der Waals surface area (Å²) in [6.07, 6.45) is -2.62. The largest absolute Gasteiger partial charge is 0.396 e. The van der Waals surface area contributed by atoms with Crippen LogP contribution in [0.3, 0.4) is 0 Å². The zero-order valence-electron chi connectivity index (χ0n) is 8.56. The van der Waals surface area contributed by atoms with Gasteiger partial charge in [-0.3, -0.25) is 4.79 Å². The lowest BCUT2D eigenvalue weighted by molar-refractivity contribution is 0.0891. The van der Waals surface area contributed by atoms with Gasteiger partial charge in [0, 0.05) is 5.56 Å². The van der Waals surface area contributed by atoms with Crippen molar-refractivity contribution in [3.63, 3.8) is 0 Å². The molecule has 1 amide bonds. The van der Waals surface area contributed by atoms with E-state index in [1.54, 1.807) is 0 Å². The lowest BCUT2D eigenvalue weighted by Gasteiger charge is -2.08. The molecule has 88 valence electrons. The first kappa shape index (κ1) is 12.4. The predicted molar refractivity (Wildman–Crippen MR) is 53.9 cm³/mol. The van der Waals surface area contributed by atoms with Gasteiger partial charge in [-0.25, -0.2) is 13.2 Å². The highest BCUT2D eigenvalue weighted by atomic mass is 19.3. The second-order valence-electron chi connectivity index (χ2n) is 3.29. The van der Waals surface area contributed by atoms with Crippen molar-refractivity contribution < 1.29 is 18.0 Å². The van der Waals surface area contributed by atoms with E-state index in [0.717, 1.165) is 12.1 Å². The molecule has 0 radical (unpaired) electrons. The number of amides is 1. The first-order valence-electron chi connectivity index (χ1n) is 4.53.